The Kier molecular flexibility index (Phi) is 5.32. The summed E-state index contributed by atoms with van der Waals surface area (Å²) in [6, 6.07) is 13.3. The minimum atomic E-state index is -0.333. The van der Waals surface area contributed by atoms with E-state index in [0.29, 0.717) is 38.9 Å². The Morgan fingerprint density at radius 3 is 2.83 bits per heavy atom. The Bertz CT molecular complexity index is 1140. The molecular formula is C23H21FIN3O2. The maximum atomic E-state index is 15.1. The van der Waals surface area contributed by atoms with Gasteiger partial charge in [0, 0.05) is 24.6 Å². The summed E-state index contributed by atoms with van der Waals surface area (Å²) < 4.78 is 23.4. The largest absolute Gasteiger partial charge is 0.356 e. The summed E-state index contributed by atoms with van der Waals surface area (Å²) in [6.07, 6.45) is 4.58. The van der Waals surface area contributed by atoms with E-state index in [9.17, 15) is 4.79 Å². The molecular weight excluding hydrogens is 496 g/mol. The number of hydrogen-bond donors (Lipinski definition) is 1. The molecule has 0 saturated carbocycles. The van der Waals surface area contributed by atoms with Crippen molar-refractivity contribution in [2.45, 2.75) is 31.4 Å². The van der Waals surface area contributed by atoms with E-state index in [0.717, 1.165) is 24.8 Å². The van der Waals surface area contributed by atoms with Crippen molar-refractivity contribution < 1.29 is 13.9 Å². The molecule has 7 heteroatoms. The molecule has 5 nitrogen and oxygen atoms in total. The first kappa shape index (κ1) is 19.7. The molecule has 2 aliphatic heterocycles. The van der Waals surface area contributed by atoms with Gasteiger partial charge in [-0.05, 0) is 71.2 Å². The lowest BCUT2D eigenvalue weighted by Crippen LogP contribution is -2.19. The van der Waals surface area contributed by atoms with Crippen LogP contribution >= 0.6 is 22.6 Å². The predicted molar refractivity (Wildman–Crippen MR) is 121 cm³/mol. The molecule has 1 N–H and O–H groups in total. The van der Waals surface area contributed by atoms with Gasteiger partial charge < -0.3 is 10.1 Å². The van der Waals surface area contributed by atoms with Gasteiger partial charge in [0.1, 0.15) is 9.52 Å². The van der Waals surface area contributed by atoms with E-state index in [2.05, 4.69) is 33.0 Å². The number of amides is 1. The van der Waals surface area contributed by atoms with Gasteiger partial charge in [-0.15, -0.1) is 0 Å². The summed E-state index contributed by atoms with van der Waals surface area (Å²) in [5.74, 6) is -0.493. The van der Waals surface area contributed by atoms with Crippen LogP contribution in [0.15, 0.2) is 48.0 Å². The monoisotopic (exact) mass is 517 g/mol. The van der Waals surface area contributed by atoms with Gasteiger partial charge >= 0.3 is 0 Å². The van der Waals surface area contributed by atoms with Gasteiger partial charge in [0.25, 0.3) is 0 Å². The third-order valence-electron chi connectivity index (χ3n) is 5.80. The zero-order valence-corrected chi connectivity index (χ0v) is 18.4. The second-order valence-electron chi connectivity index (χ2n) is 7.73. The molecule has 2 fully saturated rings. The lowest BCUT2D eigenvalue weighted by atomic mass is 9.92. The van der Waals surface area contributed by atoms with Crippen molar-refractivity contribution in [2.24, 2.45) is 0 Å². The number of halogens is 2. The van der Waals surface area contributed by atoms with Crippen LogP contribution in [0.4, 0.5) is 4.39 Å². The van der Waals surface area contributed by atoms with Crippen LogP contribution in [0.25, 0.3) is 17.0 Å². The lowest BCUT2D eigenvalue weighted by Gasteiger charge is -2.23. The summed E-state index contributed by atoms with van der Waals surface area (Å²) in [6.45, 7) is 1.24. The fourth-order valence-electron chi connectivity index (χ4n) is 4.31. The van der Waals surface area contributed by atoms with Gasteiger partial charge in [0.15, 0.2) is 6.23 Å². The Hall–Kier alpha value is -2.26. The minimum absolute atomic E-state index is 0.0517. The number of ether oxygens (including phenoxy) is 1. The number of rotatable bonds is 3. The van der Waals surface area contributed by atoms with E-state index < -0.39 is 0 Å². The summed E-state index contributed by atoms with van der Waals surface area (Å²) >= 11 is 2.07. The first-order chi connectivity index (χ1) is 14.6. The highest BCUT2D eigenvalue weighted by Crippen LogP contribution is 2.34. The van der Waals surface area contributed by atoms with Gasteiger partial charge in [-0.2, -0.15) is 5.10 Å². The van der Waals surface area contributed by atoms with Crippen LogP contribution in [0, 0.1) is 9.52 Å². The van der Waals surface area contributed by atoms with Crippen LogP contribution in [-0.2, 0) is 9.53 Å². The molecule has 3 aromatic rings. The van der Waals surface area contributed by atoms with Crippen LogP contribution in [0.1, 0.15) is 42.5 Å². The van der Waals surface area contributed by atoms with Crippen molar-refractivity contribution in [3.8, 4) is 0 Å². The number of aromatic nitrogens is 2. The third-order valence-corrected chi connectivity index (χ3v) is 6.55. The van der Waals surface area contributed by atoms with Gasteiger partial charge in [-0.1, -0.05) is 30.3 Å². The van der Waals surface area contributed by atoms with E-state index in [-0.39, 0.29) is 23.9 Å². The van der Waals surface area contributed by atoms with Gasteiger partial charge in [-0.25, -0.2) is 9.07 Å². The highest BCUT2D eigenvalue weighted by atomic mass is 127. The normalized spacial score (nSPS) is 23.3. The van der Waals surface area contributed by atoms with E-state index >= 15 is 4.39 Å². The Morgan fingerprint density at radius 1 is 1.23 bits per heavy atom. The molecule has 0 spiro atoms. The standard InChI is InChI=1S/C23H21FIN3O2/c24-18-11-14(10-16-17(13-26-23(16)29)15-6-2-1-3-7-15)12-19-21(18)22(25)27-28(19)20-8-4-5-9-30-20/h1-3,6-7,10-12,17,20H,4-5,8-9,13H2,(H,26,29)/b16-10+. The van der Waals surface area contributed by atoms with Crippen molar-refractivity contribution in [1.82, 2.24) is 15.1 Å². The van der Waals surface area contributed by atoms with Crippen molar-refractivity contribution in [1.29, 1.82) is 0 Å². The van der Waals surface area contributed by atoms with Crippen LogP contribution in [-0.4, -0.2) is 28.8 Å². The van der Waals surface area contributed by atoms with Gasteiger partial charge in [-0.3, -0.25) is 4.79 Å². The average molecular weight is 517 g/mol. The molecule has 154 valence electrons. The summed E-state index contributed by atoms with van der Waals surface area (Å²) in [5.41, 5.74) is 3.07. The van der Waals surface area contributed by atoms with Gasteiger partial charge in [0.2, 0.25) is 5.91 Å². The summed E-state index contributed by atoms with van der Waals surface area (Å²) in [5, 5.41) is 7.98. The molecule has 2 saturated heterocycles. The maximum Gasteiger partial charge on any atom is 0.247 e. The fourth-order valence-corrected chi connectivity index (χ4v) is 5.08. The zero-order valence-electron chi connectivity index (χ0n) is 16.3. The summed E-state index contributed by atoms with van der Waals surface area (Å²) in [7, 11) is 0. The molecule has 2 atom stereocenters. The fraction of sp³-hybridized carbons (Fsp3) is 0.304. The number of hydrogen-bond acceptors (Lipinski definition) is 3. The Balaban J connectivity index is 1.59. The van der Waals surface area contributed by atoms with Crippen molar-refractivity contribution in [3.05, 3.63) is 68.7 Å². The molecule has 0 radical (unpaired) electrons. The van der Waals surface area contributed by atoms with E-state index in [1.165, 1.54) is 6.07 Å². The van der Waals surface area contributed by atoms with E-state index in [1.54, 1.807) is 10.8 Å². The first-order valence-corrected chi connectivity index (χ1v) is 11.2. The molecule has 2 unspecified atom stereocenters. The van der Waals surface area contributed by atoms with Crippen LogP contribution in [0.5, 0.6) is 0 Å². The number of nitrogens with one attached hydrogen (secondary N) is 1. The molecule has 0 bridgehead atoms. The van der Waals surface area contributed by atoms with Crippen molar-refractivity contribution in [3.63, 3.8) is 0 Å². The zero-order chi connectivity index (χ0) is 20.7. The molecule has 2 aliphatic rings. The van der Waals surface area contributed by atoms with Crippen molar-refractivity contribution in [2.75, 3.05) is 13.2 Å². The molecule has 0 aliphatic carbocycles. The van der Waals surface area contributed by atoms with Crippen LogP contribution in [0.3, 0.4) is 0 Å². The van der Waals surface area contributed by atoms with Crippen LogP contribution in [0.2, 0.25) is 0 Å². The van der Waals surface area contributed by atoms with Crippen molar-refractivity contribution >= 4 is 45.5 Å². The Morgan fingerprint density at radius 2 is 2.07 bits per heavy atom. The SMILES string of the molecule is O=C1NCC(c2ccccc2)/C1=C\c1cc(F)c2c(I)nn(C3CCCCO3)c2c1. The number of nitrogens with zero attached hydrogens (tertiary/aromatic N) is 2. The highest BCUT2D eigenvalue weighted by Gasteiger charge is 2.29. The highest BCUT2D eigenvalue weighted by molar-refractivity contribution is 14.1. The molecule has 5 rings (SSSR count). The molecule has 30 heavy (non-hydrogen) atoms. The second-order valence-corrected chi connectivity index (χ2v) is 8.75. The summed E-state index contributed by atoms with van der Waals surface area (Å²) in [4.78, 5) is 12.5. The Labute approximate surface area is 187 Å². The van der Waals surface area contributed by atoms with E-state index in [4.69, 9.17) is 4.74 Å². The minimum Gasteiger partial charge on any atom is -0.356 e. The first-order valence-electron chi connectivity index (χ1n) is 10.2. The molecule has 3 heterocycles. The van der Waals surface area contributed by atoms with E-state index in [1.807, 2.05) is 36.4 Å². The second kappa shape index (κ2) is 8.11. The average Bonchev–Trinajstić information content (AvgIpc) is 3.29. The van der Waals surface area contributed by atoms with Gasteiger partial charge in [0.05, 0.1) is 10.9 Å². The molecule has 1 amide bonds. The predicted octanol–water partition coefficient (Wildman–Crippen LogP) is 4.78. The smallest absolute Gasteiger partial charge is 0.247 e. The quantitative estimate of drug-likeness (QED) is 0.402. The third kappa shape index (κ3) is 3.54. The van der Waals surface area contributed by atoms with Crippen LogP contribution < -0.4 is 5.32 Å². The number of carbonyl (C=O) groups is 1. The molecule has 2 aromatic carbocycles. The maximum absolute atomic E-state index is 15.1. The number of benzene rings is 2. The number of fused-ring (bicyclic) bond motifs is 1. The molecule has 1 aromatic heterocycles. The number of carbonyl (C=O) groups excluding carboxylic acids is 1. The topological polar surface area (TPSA) is 56.2 Å². The lowest BCUT2D eigenvalue weighted by molar-refractivity contribution is -0.116.